The van der Waals surface area contributed by atoms with Gasteiger partial charge in [0.15, 0.2) is 0 Å². The van der Waals surface area contributed by atoms with Gasteiger partial charge in [-0.05, 0) is 58.0 Å². The van der Waals surface area contributed by atoms with Gasteiger partial charge < -0.3 is 15.3 Å². The fourth-order valence-corrected chi connectivity index (χ4v) is 3.32. The van der Waals surface area contributed by atoms with E-state index in [1.165, 1.54) is 6.42 Å². The lowest BCUT2D eigenvalue weighted by Gasteiger charge is -2.45. The summed E-state index contributed by atoms with van der Waals surface area (Å²) in [7, 11) is 0. The number of carbonyl (C=O) groups is 1. The molecule has 4 heteroatoms. The highest BCUT2D eigenvalue weighted by molar-refractivity contribution is 5.83. The smallest absolute Gasteiger partial charge is 0.229 e. The molecule has 2 aliphatic rings. The van der Waals surface area contributed by atoms with Crippen LogP contribution >= 0.6 is 0 Å². The van der Waals surface area contributed by atoms with E-state index in [-0.39, 0.29) is 12.0 Å². The summed E-state index contributed by atoms with van der Waals surface area (Å²) in [6.07, 6.45) is 7.12. The second-order valence-electron chi connectivity index (χ2n) is 6.04. The van der Waals surface area contributed by atoms with E-state index >= 15 is 0 Å². The van der Waals surface area contributed by atoms with Crippen LogP contribution in [-0.2, 0) is 4.79 Å². The van der Waals surface area contributed by atoms with Crippen LogP contribution < -0.4 is 5.32 Å². The molecule has 2 N–H and O–H groups in total. The van der Waals surface area contributed by atoms with E-state index in [2.05, 4.69) is 17.1 Å². The highest BCUT2D eigenvalue weighted by Gasteiger charge is 2.42. The predicted molar refractivity (Wildman–Crippen MR) is 75.9 cm³/mol. The summed E-state index contributed by atoms with van der Waals surface area (Å²) in [5, 5.41) is 12.4. The van der Waals surface area contributed by atoms with E-state index in [0.29, 0.717) is 18.4 Å². The molecule has 1 saturated carbocycles. The fraction of sp³-hybridized carbons (Fsp3) is 0.933. The normalized spacial score (nSPS) is 22.8. The molecule has 2 fully saturated rings. The largest absolute Gasteiger partial charge is 0.396 e. The molecular formula is C15H28N2O2. The number of aliphatic hydroxyl groups excluding tert-OH is 1. The highest BCUT2D eigenvalue weighted by Crippen LogP contribution is 2.37. The van der Waals surface area contributed by atoms with Crippen LogP contribution in [0, 0.1) is 5.41 Å². The van der Waals surface area contributed by atoms with Gasteiger partial charge in [-0.1, -0.05) is 6.92 Å². The van der Waals surface area contributed by atoms with Gasteiger partial charge in [0, 0.05) is 19.2 Å². The number of hydrogen-bond donors (Lipinski definition) is 2. The van der Waals surface area contributed by atoms with Gasteiger partial charge in [-0.15, -0.1) is 0 Å². The maximum absolute atomic E-state index is 13.0. The molecule has 0 spiro atoms. The Bertz CT molecular complexity index is 297. The van der Waals surface area contributed by atoms with E-state index in [9.17, 15) is 4.79 Å². The molecule has 2 rings (SSSR count). The molecular weight excluding hydrogens is 240 g/mol. The average molecular weight is 268 g/mol. The molecule has 1 aliphatic carbocycles. The van der Waals surface area contributed by atoms with Crippen LogP contribution in [0.25, 0.3) is 0 Å². The first-order valence-corrected chi connectivity index (χ1v) is 7.86. The molecule has 0 atom stereocenters. The zero-order chi connectivity index (χ0) is 13.7. The third-order valence-electron chi connectivity index (χ3n) is 5.02. The van der Waals surface area contributed by atoms with Gasteiger partial charge in [-0.3, -0.25) is 4.79 Å². The predicted octanol–water partition coefficient (Wildman–Crippen LogP) is 1.53. The molecule has 1 amide bonds. The Morgan fingerprint density at radius 1 is 1.37 bits per heavy atom. The Hall–Kier alpha value is -0.610. The van der Waals surface area contributed by atoms with Crippen LogP contribution in [0.15, 0.2) is 0 Å². The number of aliphatic hydroxyl groups is 1. The number of nitrogens with one attached hydrogen (secondary N) is 1. The summed E-state index contributed by atoms with van der Waals surface area (Å²) in [6, 6.07) is 0.442. The number of carbonyl (C=O) groups excluding carboxylic acids is 1. The Balaban J connectivity index is 2.07. The SMILES string of the molecule is CCC1(C(=O)N(CCCO)C2CCC2)CCNCC1. The average Bonchev–Trinajstić information content (AvgIpc) is 2.41. The van der Waals surface area contributed by atoms with Gasteiger partial charge in [-0.2, -0.15) is 0 Å². The first-order chi connectivity index (χ1) is 9.23. The molecule has 0 aromatic rings. The standard InChI is InChI=1S/C15H28N2O2/c1-2-15(7-9-16-10-8-15)14(19)17(11-4-12-18)13-5-3-6-13/h13,16,18H,2-12H2,1H3. The molecule has 0 bridgehead atoms. The van der Waals surface area contributed by atoms with Crippen LogP contribution in [0.1, 0.15) is 51.9 Å². The quantitative estimate of drug-likeness (QED) is 0.768. The van der Waals surface area contributed by atoms with E-state index in [1.807, 2.05) is 0 Å². The van der Waals surface area contributed by atoms with E-state index < -0.39 is 0 Å². The third-order valence-corrected chi connectivity index (χ3v) is 5.02. The van der Waals surface area contributed by atoms with Gasteiger partial charge in [0.05, 0.1) is 5.41 Å². The monoisotopic (exact) mass is 268 g/mol. The first-order valence-electron chi connectivity index (χ1n) is 7.86. The second kappa shape index (κ2) is 6.71. The van der Waals surface area contributed by atoms with Gasteiger partial charge in [0.2, 0.25) is 5.91 Å². The van der Waals surface area contributed by atoms with Gasteiger partial charge in [0.25, 0.3) is 0 Å². The van der Waals surface area contributed by atoms with Crippen molar-refractivity contribution in [3.63, 3.8) is 0 Å². The van der Waals surface area contributed by atoms with Crippen molar-refractivity contribution in [3.05, 3.63) is 0 Å². The van der Waals surface area contributed by atoms with Crippen molar-refractivity contribution in [2.24, 2.45) is 5.41 Å². The summed E-state index contributed by atoms with van der Waals surface area (Å²) in [4.78, 5) is 15.1. The van der Waals surface area contributed by atoms with Gasteiger partial charge >= 0.3 is 0 Å². The highest BCUT2D eigenvalue weighted by atomic mass is 16.3. The Morgan fingerprint density at radius 2 is 2.05 bits per heavy atom. The minimum absolute atomic E-state index is 0.143. The minimum Gasteiger partial charge on any atom is -0.396 e. The van der Waals surface area contributed by atoms with Gasteiger partial charge in [0.1, 0.15) is 0 Å². The van der Waals surface area contributed by atoms with Crippen LogP contribution in [0.4, 0.5) is 0 Å². The van der Waals surface area contributed by atoms with Crippen LogP contribution in [0.2, 0.25) is 0 Å². The molecule has 1 heterocycles. The maximum Gasteiger partial charge on any atom is 0.229 e. The number of amides is 1. The summed E-state index contributed by atoms with van der Waals surface area (Å²) in [5.74, 6) is 0.356. The zero-order valence-electron chi connectivity index (χ0n) is 12.2. The van der Waals surface area contributed by atoms with Crippen molar-refractivity contribution >= 4 is 5.91 Å². The molecule has 0 unspecified atom stereocenters. The molecule has 0 radical (unpaired) electrons. The molecule has 4 nitrogen and oxygen atoms in total. The number of hydrogen-bond acceptors (Lipinski definition) is 3. The Morgan fingerprint density at radius 3 is 2.53 bits per heavy atom. The van der Waals surface area contributed by atoms with E-state index in [1.54, 1.807) is 0 Å². The second-order valence-corrected chi connectivity index (χ2v) is 6.04. The number of piperidine rings is 1. The van der Waals surface area contributed by atoms with Crippen LogP contribution in [0.3, 0.4) is 0 Å². The maximum atomic E-state index is 13.0. The van der Waals surface area contributed by atoms with Crippen molar-refractivity contribution in [3.8, 4) is 0 Å². The van der Waals surface area contributed by atoms with Crippen molar-refractivity contribution in [1.29, 1.82) is 0 Å². The van der Waals surface area contributed by atoms with Crippen molar-refractivity contribution in [2.75, 3.05) is 26.2 Å². The summed E-state index contributed by atoms with van der Waals surface area (Å²) in [6.45, 7) is 4.97. The minimum atomic E-state index is -0.143. The Kier molecular flexibility index (Phi) is 5.22. The van der Waals surface area contributed by atoms with Crippen LogP contribution in [-0.4, -0.2) is 48.2 Å². The molecule has 110 valence electrons. The fourth-order valence-electron chi connectivity index (χ4n) is 3.32. The van der Waals surface area contributed by atoms with Crippen molar-refractivity contribution in [1.82, 2.24) is 10.2 Å². The topological polar surface area (TPSA) is 52.6 Å². The molecule has 1 aliphatic heterocycles. The van der Waals surface area contributed by atoms with E-state index in [4.69, 9.17) is 5.11 Å². The molecule has 0 aromatic carbocycles. The third kappa shape index (κ3) is 3.11. The molecule has 1 saturated heterocycles. The number of nitrogens with zero attached hydrogens (tertiary/aromatic N) is 1. The lowest BCUT2D eigenvalue weighted by atomic mass is 9.74. The van der Waals surface area contributed by atoms with Crippen molar-refractivity contribution < 1.29 is 9.90 Å². The van der Waals surface area contributed by atoms with Gasteiger partial charge in [-0.25, -0.2) is 0 Å². The van der Waals surface area contributed by atoms with E-state index in [0.717, 1.165) is 51.7 Å². The lowest BCUT2D eigenvalue weighted by Crippen LogP contribution is -2.54. The molecule has 0 aromatic heterocycles. The first kappa shape index (κ1) is 14.8. The van der Waals surface area contributed by atoms with Crippen molar-refractivity contribution in [2.45, 2.75) is 57.9 Å². The Labute approximate surface area is 116 Å². The zero-order valence-corrected chi connectivity index (χ0v) is 12.2. The number of rotatable bonds is 6. The lowest BCUT2D eigenvalue weighted by molar-refractivity contribution is -0.148. The summed E-state index contributed by atoms with van der Waals surface area (Å²) < 4.78 is 0. The van der Waals surface area contributed by atoms with Crippen LogP contribution in [0.5, 0.6) is 0 Å². The summed E-state index contributed by atoms with van der Waals surface area (Å²) >= 11 is 0. The summed E-state index contributed by atoms with van der Waals surface area (Å²) in [5.41, 5.74) is -0.143. The molecule has 19 heavy (non-hydrogen) atoms.